The third kappa shape index (κ3) is 1.14. The third-order valence-corrected chi connectivity index (χ3v) is 1.74. The molecule has 2 aromatic rings. The average Bonchev–Trinajstić information content (AvgIpc) is 2.63. The summed E-state index contributed by atoms with van der Waals surface area (Å²) >= 11 is 0. The van der Waals surface area contributed by atoms with Crippen LogP contribution >= 0.6 is 0 Å². The van der Waals surface area contributed by atoms with E-state index >= 15 is 0 Å². The van der Waals surface area contributed by atoms with Crippen LogP contribution in [0.2, 0.25) is 0 Å². The number of hydrogen-bond acceptors (Lipinski definition) is 4. The van der Waals surface area contributed by atoms with Gasteiger partial charge in [0, 0.05) is 6.20 Å². The molecule has 2 aromatic heterocycles. The Morgan fingerprint density at radius 3 is 3.15 bits per heavy atom. The minimum Gasteiger partial charge on any atom is -0.465 e. The number of esters is 1. The predicted molar refractivity (Wildman–Crippen MR) is 45.2 cm³/mol. The fourth-order valence-corrected chi connectivity index (χ4v) is 1.12. The van der Waals surface area contributed by atoms with E-state index in [1.807, 2.05) is 0 Å². The van der Waals surface area contributed by atoms with Crippen LogP contribution in [0.3, 0.4) is 0 Å². The average molecular weight is 177 g/mol. The van der Waals surface area contributed by atoms with Crippen LogP contribution < -0.4 is 0 Å². The molecule has 0 spiro atoms. The summed E-state index contributed by atoms with van der Waals surface area (Å²) in [5.74, 6) is -0.426. The summed E-state index contributed by atoms with van der Waals surface area (Å²) in [7, 11) is 1.33. The Balaban J connectivity index is 2.67. The number of H-pyrrole nitrogens is 1. The highest BCUT2D eigenvalue weighted by atomic mass is 16.5. The number of aromatic amines is 1. The smallest absolute Gasteiger partial charge is 0.341 e. The molecule has 1 N–H and O–H groups in total. The summed E-state index contributed by atoms with van der Waals surface area (Å²) in [5, 5.41) is 0. The number of rotatable bonds is 1. The maximum atomic E-state index is 11.2. The molecule has 0 aliphatic rings. The van der Waals surface area contributed by atoms with Gasteiger partial charge in [-0.05, 0) is 0 Å². The number of hydrogen-bond donors (Lipinski definition) is 1. The first-order chi connectivity index (χ1) is 6.33. The second-order valence-electron chi connectivity index (χ2n) is 2.48. The van der Waals surface area contributed by atoms with Crippen LogP contribution in [0.25, 0.3) is 11.0 Å². The van der Waals surface area contributed by atoms with Crippen LogP contribution in [-0.4, -0.2) is 28.0 Å². The van der Waals surface area contributed by atoms with Gasteiger partial charge in [-0.15, -0.1) is 0 Å². The normalized spacial score (nSPS) is 10.2. The Hall–Kier alpha value is -1.91. The molecule has 5 heteroatoms. The minimum atomic E-state index is -0.426. The number of imidazole rings is 1. The highest BCUT2D eigenvalue weighted by Gasteiger charge is 2.11. The molecule has 0 aromatic carbocycles. The number of pyridine rings is 1. The summed E-state index contributed by atoms with van der Waals surface area (Å²) < 4.78 is 4.58. The lowest BCUT2D eigenvalue weighted by Gasteiger charge is -1.97. The lowest BCUT2D eigenvalue weighted by molar-refractivity contribution is 0.0602. The van der Waals surface area contributed by atoms with Crippen LogP contribution in [0.15, 0.2) is 18.7 Å². The van der Waals surface area contributed by atoms with Crippen molar-refractivity contribution >= 4 is 17.0 Å². The number of aromatic nitrogens is 3. The Morgan fingerprint density at radius 1 is 1.54 bits per heavy atom. The van der Waals surface area contributed by atoms with Crippen LogP contribution in [0.4, 0.5) is 0 Å². The number of nitrogens with one attached hydrogen (secondary N) is 1. The molecule has 66 valence electrons. The molecule has 0 aliphatic heterocycles. The Bertz CT molecular complexity index is 449. The van der Waals surface area contributed by atoms with E-state index in [0.717, 1.165) is 5.52 Å². The van der Waals surface area contributed by atoms with E-state index in [0.29, 0.717) is 11.1 Å². The molecule has 0 saturated heterocycles. The standard InChI is InChI=1S/C8H7N3O2/c1-13-8(12)5-2-9-3-6-7(5)11-4-10-6/h2-4H,1H3,(H,10,11). The molecule has 0 saturated carbocycles. The molecule has 0 atom stereocenters. The van der Waals surface area contributed by atoms with Crippen LogP contribution in [0.5, 0.6) is 0 Å². The van der Waals surface area contributed by atoms with Crippen molar-refractivity contribution in [3.05, 3.63) is 24.3 Å². The van der Waals surface area contributed by atoms with Gasteiger partial charge in [-0.2, -0.15) is 0 Å². The van der Waals surface area contributed by atoms with Crippen LogP contribution in [-0.2, 0) is 4.74 Å². The van der Waals surface area contributed by atoms with Gasteiger partial charge in [-0.25, -0.2) is 9.78 Å². The van der Waals surface area contributed by atoms with E-state index in [9.17, 15) is 4.79 Å². The van der Waals surface area contributed by atoms with Crippen LogP contribution in [0.1, 0.15) is 10.4 Å². The molecule has 0 radical (unpaired) electrons. The molecule has 0 aliphatic carbocycles. The first-order valence-corrected chi connectivity index (χ1v) is 3.68. The zero-order valence-corrected chi connectivity index (χ0v) is 6.94. The first kappa shape index (κ1) is 7.72. The SMILES string of the molecule is COC(=O)c1cncc2[nH]cnc12. The van der Waals surface area contributed by atoms with Gasteiger partial charge in [0.2, 0.25) is 0 Å². The zero-order valence-electron chi connectivity index (χ0n) is 6.94. The van der Waals surface area contributed by atoms with E-state index in [4.69, 9.17) is 0 Å². The molecular formula is C8H7N3O2. The van der Waals surface area contributed by atoms with E-state index in [-0.39, 0.29) is 0 Å². The van der Waals surface area contributed by atoms with E-state index in [1.165, 1.54) is 19.6 Å². The lowest BCUT2D eigenvalue weighted by atomic mass is 10.2. The number of carbonyl (C=O) groups excluding carboxylic acids is 1. The van der Waals surface area contributed by atoms with Gasteiger partial charge in [0.15, 0.2) is 0 Å². The highest BCUT2D eigenvalue weighted by Crippen LogP contribution is 2.13. The number of ether oxygens (including phenoxy) is 1. The Labute approximate surface area is 73.8 Å². The fourth-order valence-electron chi connectivity index (χ4n) is 1.12. The molecule has 5 nitrogen and oxygen atoms in total. The van der Waals surface area contributed by atoms with Crippen molar-refractivity contribution in [3.63, 3.8) is 0 Å². The zero-order chi connectivity index (χ0) is 9.26. The van der Waals surface area contributed by atoms with Crippen molar-refractivity contribution < 1.29 is 9.53 Å². The molecule has 2 heterocycles. The molecule has 0 unspecified atom stereocenters. The van der Waals surface area contributed by atoms with Crippen molar-refractivity contribution in [1.29, 1.82) is 0 Å². The van der Waals surface area contributed by atoms with E-state index < -0.39 is 5.97 Å². The summed E-state index contributed by atoms with van der Waals surface area (Å²) in [4.78, 5) is 21.9. The fraction of sp³-hybridized carbons (Fsp3) is 0.125. The summed E-state index contributed by atoms with van der Waals surface area (Å²) in [6.45, 7) is 0. The van der Waals surface area contributed by atoms with E-state index in [2.05, 4.69) is 19.7 Å². The summed E-state index contributed by atoms with van der Waals surface area (Å²) in [5.41, 5.74) is 1.69. The van der Waals surface area contributed by atoms with Gasteiger partial charge in [0.1, 0.15) is 11.1 Å². The minimum absolute atomic E-state index is 0.376. The second kappa shape index (κ2) is 2.85. The summed E-state index contributed by atoms with van der Waals surface area (Å²) in [6.07, 6.45) is 4.56. The maximum absolute atomic E-state index is 11.2. The number of carbonyl (C=O) groups is 1. The molecule has 0 amide bonds. The van der Waals surface area contributed by atoms with Crippen molar-refractivity contribution in [1.82, 2.24) is 15.0 Å². The van der Waals surface area contributed by atoms with Gasteiger partial charge < -0.3 is 9.72 Å². The topological polar surface area (TPSA) is 67.9 Å². The second-order valence-corrected chi connectivity index (χ2v) is 2.48. The van der Waals surface area contributed by atoms with Crippen molar-refractivity contribution in [3.8, 4) is 0 Å². The van der Waals surface area contributed by atoms with Crippen molar-refractivity contribution in [2.45, 2.75) is 0 Å². The number of fused-ring (bicyclic) bond motifs is 1. The lowest BCUT2D eigenvalue weighted by Crippen LogP contribution is -2.02. The molecule has 13 heavy (non-hydrogen) atoms. The molecule has 2 rings (SSSR count). The van der Waals surface area contributed by atoms with Crippen molar-refractivity contribution in [2.75, 3.05) is 7.11 Å². The number of nitrogens with zero attached hydrogens (tertiary/aromatic N) is 2. The molecule has 0 fully saturated rings. The Morgan fingerprint density at radius 2 is 2.38 bits per heavy atom. The highest BCUT2D eigenvalue weighted by molar-refractivity contribution is 6.01. The molecule has 0 bridgehead atoms. The van der Waals surface area contributed by atoms with E-state index in [1.54, 1.807) is 6.20 Å². The van der Waals surface area contributed by atoms with Crippen molar-refractivity contribution in [2.24, 2.45) is 0 Å². The van der Waals surface area contributed by atoms with Gasteiger partial charge >= 0.3 is 5.97 Å². The quantitative estimate of drug-likeness (QED) is 0.652. The third-order valence-electron chi connectivity index (χ3n) is 1.74. The first-order valence-electron chi connectivity index (χ1n) is 3.68. The van der Waals surface area contributed by atoms with Crippen LogP contribution in [0, 0.1) is 0 Å². The van der Waals surface area contributed by atoms with Gasteiger partial charge in [-0.1, -0.05) is 0 Å². The monoisotopic (exact) mass is 177 g/mol. The predicted octanol–water partition coefficient (Wildman–Crippen LogP) is 0.744. The van der Waals surface area contributed by atoms with Gasteiger partial charge in [-0.3, -0.25) is 4.98 Å². The van der Waals surface area contributed by atoms with Gasteiger partial charge in [0.25, 0.3) is 0 Å². The summed E-state index contributed by atoms with van der Waals surface area (Å²) in [6, 6.07) is 0. The Kier molecular flexibility index (Phi) is 1.70. The largest absolute Gasteiger partial charge is 0.465 e. The van der Waals surface area contributed by atoms with Gasteiger partial charge in [0.05, 0.1) is 25.2 Å². The maximum Gasteiger partial charge on any atom is 0.341 e. The molecular weight excluding hydrogens is 170 g/mol. The number of methoxy groups -OCH3 is 1.